The van der Waals surface area contributed by atoms with Gasteiger partial charge in [-0.15, -0.1) is 0 Å². The number of carbonyl (C=O) groups excluding carboxylic acids is 1. The van der Waals surface area contributed by atoms with Crippen molar-refractivity contribution in [2.45, 2.75) is 0 Å². The molecule has 0 unspecified atom stereocenters. The van der Waals surface area contributed by atoms with Crippen molar-refractivity contribution < 1.29 is 14.3 Å². The molecule has 0 saturated carbocycles. The molecule has 2 aromatic carbocycles. The summed E-state index contributed by atoms with van der Waals surface area (Å²) in [4.78, 5) is 11.7. The van der Waals surface area contributed by atoms with Crippen molar-refractivity contribution in [3.63, 3.8) is 0 Å². The minimum Gasteiger partial charge on any atom is -0.465 e. The van der Waals surface area contributed by atoms with Crippen molar-refractivity contribution in [2.24, 2.45) is 0 Å². The second kappa shape index (κ2) is 5.76. The number of benzene rings is 2. The lowest BCUT2D eigenvalue weighted by Gasteiger charge is -2.10. The van der Waals surface area contributed by atoms with Crippen LogP contribution in [0.1, 0.15) is 15.9 Å². The first-order valence-electron chi connectivity index (χ1n) is 5.80. The Morgan fingerprint density at radius 1 is 1.20 bits per heavy atom. The maximum Gasteiger partial charge on any atom is 0.341 e. The van der Waals surface area contributed by atoms with E-state index in [-0.39, 0.29) is 5.56 Å². The normalized spacial score (nSPS) is 9.60. The highest BCUT2D eigenvalue weighted by atomic mass is 16.5. The van der Waals surface area contributed by atoms with E-state index in [1.807, 2.05) is 6.07 Å². The lowest BCUT2D eigenvalue weighted by molar-refractivity contribution is 0.0598. The predicted octanol–water partition coefficient (Wildman–Crippen LogP) is 2.72. The molecule has 0 radical (unpaired) electrons. The zero-order chi connectivity index (χ0) is 14.5. The fourth-order valence-electron chi connectivity index (χ4n) is 1.63. The molecule has 0 aliphatic heterocycles. The molecule has 0 heterocycles. The molecule has 20 heavy (non-hydrogen) atoms. The molecule has 0 atom stereocenters. The van der Waals surface area contributed by atoms with Gasteiger partial charge >= 0.3 is 5.97 Å². The third kappa shape index (κ3) is 2.87. The monoisotopic (exact) mass is 268 g/mol. The van der Waals surface area contributed by atoms with Crippen molar-refractivity contribution in [3.8, 4) is 17.6 Å². The number of rotatable bonds is 3. The summed E-state index contributed by atoms with van der Waals surface area (Å²) in [5.74, 6) is 0.329. The van der Waals surface area contributed by atoms with Crippen LogP contribution in [0.2, 0.25) is 0 Å². The van der Waals surface area contributed by atoms with Crippen LogP contribution in [-0.2, 0) is 4.74 Å². The number of methoxy groups -OCH3 is 1. The number of ether oxygens (including phenoxy) is 2. The zero-order valence-corrected chi connectivity index (χ0v) is 10.8. The maximum absolute atomic E-state index is 11.7. The molecule has 5 nitrogen and oxygen atoms in total. The first-order valence-corrected chi connectivity index (χ1v) is 5.80. The van der Waals surface area contributed by atoms with Crippen molar-refractivity contribution in [1.82, 2.24) is 0 Å². The SMILES string of the molecule is COC(=O)c1cc(N)ccc1Oc1ccc(C#N)cc1. The number of nitrogen functional groups attached to an aromatic ring is 1. The van der Waals surface area contributed by atoms with E-state index in [1.54, 1.807) is 36.4 Å². The summed E-state index contributed by atoms with van der Waals surface area (Å²) < 4.78 is 10.3. The molecular formula is C15H12N2O3. The summed E-state index contributed by atoms with van der Waals surface area (Å²) in [6, 6.07) is 13.3. The number of hydrogen-bond acceptors (Lipinski definition) is 5. The van der Waals surface area contributed by atoms with E-state index in [0.717, 1.165) is 0 Å². The van der Waals surface area contributed by atoms with Gasteiger partial charge in [-0.2, -0.15) is 5.26 Å². The van der Waals surface area contributed by atoms with Gasteiger partial charge in [-0.3, -0.25) is 0 Å². The Kier molecular flexibility index (Phi) is 3.87. The Bertz CT molecular complexity index is 673. The zero-order valence-electron chi connectivity index (χ0n) is 10.8. The largest absolute Gasteiger partial charge is 0.465 e. The molecular weight excluding hydrogens is 256 g/mol. The summed E-state index contributed by atoms with van der Waals surface area (Å²) in [7, 11) is 1.29. The number of nitrogens with zero attached hydrogens (tertiary/aromatic N) is 1. The number of nitriles is 1. The smallest absolute Gasteiger partial charge is 0.341 e. The molecule has 0 fully saturated rings. The van der Waals surface area contributed by atoms with Gasteiger partial charge in [0.05, 0.1) is 18.7 Å². The van der Waals surface area contributed by atoms with Gasteiger partial charge < -0.3 is 15.2 Å². The fourth-order valence-corrected chi connectivity index (χ4v) is 1.63. The summed E-state index contributed by atoms with van der Waals surface area (Å²) in [6.45, 7) is 0. The number of esters is 1. The third-order valence-electron chi connectivity index (χ3n) is 2.62. The van der Waals surface area contributed by atoms with Gasteiger partial charge in [-0.25, -0.2) is 4.79 Å². The average molecular weight is 268 g/mol. The average Bonchev–Trinajstić information content (AvgIpc) is 2.49. The number of nitrogens with two attached hydrogens (primary N) is 1. The summed E-state index contributed by atoms with van der Waals surface area (Å²) in [6.07, 6.45) is 0. The lowest BCUT2D eigenvalue weighted by atomic mass is 10.1. The number of anilines is 1. The van der Waals surface area contributed by atoms with Crippen LogP contribution >= 0.6 is 0 Å². The molecule has 0 bridgehead atoms. The molecule has 0 amide bonds. The van der Waals surface area contributed by atoms with Crippen LogP contribution in [0.15, 0.2) is 42.5 Å². The molecule has 0 aromatic heterocycles. The molecule has 2 rings (SSSR count). The quantitative estimate of drug-likeness (QED) is 0.683. The van der Waals surface area contributed by atoms with E-state index in [4.69, 9.17) is 15.7 Å². The summed E-state index contributed by atoms with van der Waals surface area (Å²) >= 11 is 0. The second-order valence-electron chi connectivity index (χ2n) is 3.99. The predicted molar refractivity (Wildman–Crippen MR) is 73.4 cm³/mol. The minimum absolute atomic E-state index is 0.247. The Balaban J connectivity index is 2.32. The highest BCUT2D eigenvalue weighted by molar-refractivity contribution is 5.93. The second-order valence-corrected chi connectivity index (χ2v) is 3.99. The maximum atomic E-state index is 11.7. The summed E-state index contributed by atoms with van der Waals surface area (Å²) in [5, 5.41) is 8.73. The van der Waals surface area contributed by atoms with Gasteiger partial charge in [0.15, 0.2) is 0 Å². The highest BCUT2D eigenvalue weighted by Gasteiger charge is 2.14. The molecule has 0 aliphatic rings. The highest BCUT2D eigenvalue weighted by Crippen LogP contribution is 2.27. The van der Waals surface area contributed by atoms with E-state index in [0.29, 0.717) is 22.7 Å². The number of hydrogen-bond donors (Lipinski definition) is 1. The van der Waals surface area contributed by atoms with Crippen LogP contribution in [0.5, 0.6) is 11.5 Å². The third-order valence-corrected chi connectivity index (χ3v) is 2.62. The molecule has 0 aliphatic carbocycles. The minimum atomic E-state index is -0.527. The Morgan fingerprint density at radius 2 is 1.90 bits per heavy atom. The van der Waals surface area contributed by atoms with Crippen LogP contribution in [-0.4, -0.2) is 13.1 Å². The van der Waals surface area contributed by atoms with Crippen molar-refractivity contribution in [2.75, 3.05) is 12.8 Å². The van der Waals surface area contributed by atoms with E-state index in [2.05, 4.69) is 4.74 Å². The van der Waals surface area contributed by atoms with Crippen molar-refractivity contribution in [1.29, 1.82) is 5.26 Å². The lowest BCUT2D eigenvalue weighted by Crippen LogP contribution is -2.04. The molecule has 2 N–H and O–H groups in total. The van der Waals surface area contributed by atoms with Crippen molar-refractivity contribution in [3.05, 3.63) is 53.6 Å². The van der Waals surface area contributed by atoms with Crippen molar-refractivity contribution >= 4 is 11.7 Å². The summed E-state index contributed by atoms with van der Waals surface area (Å²) in [5.41, 5.74) is 6.87. The van der Waals surface area contributed by atoms with Gasteiger partial charge in [0.1, 0.15) is 17.1 Å². The Hall–Kier alpha value is -3.00. The number of carbonyl (C=O) groups is 1. The van der Waals surface area contributed by atoms with E-state index >= 15 is 0 Å². The van der Waals surface area contributed by atoms with Crippen LogP contribution in [0.4, 0.5) is 5.69 Å². The van der Waals surface area contributed by atoms with E-state index < -0.39 is 5.97 Å². The van der Waals surface area contributed by atoms with Gasteiger partial charge in [-0.05, 0) is 42.5 Å². The standard InChI is InChI=1S/C15H12N2O3/c1-19-15(18)13-8-11(17)4-7-14(13)20-12-5-2-10(9-16)3-6-12/h2-8H,17H2,1H3. The van der Waals surface area contributed by atoms with E-state index in [1.165, 1.54) is 13.2 Å². The molecule has 0 saturated heterocycles. The van der Waals surface area contributed by atoms with Crippen LogP contribution in [0.25, 0.3) is 0 Å². The molecule has 100 valence electrons. The Labute approximate surface area is 116 Å². The first-order chi connectivity index (χ1) is 9.63. The van der Waals surface area contributed by atoms with Gasteiger partial charge in [0.2, 0.25) is 0 Å². The Morgan fingerprint density at radius 3 is 2.50 bits per heavy atom. The molecule has 2 aromatic rings. The van der Waals surface area contributed by atoms with Gasteiger partial charge in [0.25, 0.3) is 0 Å². The van der Waals surface area contributed by atoms with Crippen LogP contribution in [0, 0.1) is 11.3 Å². The van der Waals surface area contributed by atoms with Crippen LogP contribution in [0.3, 0.4) is 0 Å². The van der Waals surface area contributed by atoms with Gasteiger partial charge in [0, 0.05) is 5.69 Å². The fraction of sp³-hybridized carbons (Fsp3) is 0.0667. The molecule has 5 heteroatoms. The first kappa shape index (κ1) is 13.4. The van der Waals surface area contributed by atoms with Crippen LogP contribution < -0.4 is 10.5 Å². The topological polar surface area (TPSA) is 85.3 Å². The molecule has 0 spiro atoms. The van der Waals surface area contributed by atoms with Gasteiger partial charge in [-0.1, -0.05) is 0 Å². The van der Waals surface area contributed by atoms with E-state index in [9.17, 15) is 4.79 Å².